The lowest BCUT2D eigenvalue weighted by Crippen LogP contribution is -2.23. The van der Waals surface area contributed by atoms with E-state index in [1.807, 2.05) is 6.92 Å². The van der Waals surface area contributed by atoms with Gasteiger partial charge in [0.25, 0.3) is 10.0 Å². The number of sulfonamides is 1. The first-order valence-electron chi connectivity index (χ1n) is 8.28. The van der Waals surface area contributed by atoms with Crippen LogP contribution in [-0.2, 0) is 21.2 Å². The van der Waals surface area contributed by atoms with Gasteiger partial charge < -0.3 is 9.64 Å². The third kappa shape index (κ3) is 4.98. The molecule has 0 saturated carbocycles. The van der Waals surface area contributed by atoms with E-state index < -0.39 is 10.0 Å². The molecular formula is C19H24N2O4S. The van der Waals surface area contributed by atoms with Crippen LogP contribution in [0.15, 0.2) is 47.4 Å². The van der Waals surface area contributed by atoms with Crippen LogP contribution in [0.25, 0.3) is 0 Å². The van der Waals surface area contributed by atoms with Crippen LogP contribution in [0, 0.1) is 6.92 Å². The highest BCUT2D eigenvalue weighted by atomic mass is 32.2. The molecule has 0 aliphatic heterocycles. The molecule has 0 aliphatic rings. The van der Waals surface area contributed by atoms with Crippen molar-refractivity contribution in [3.63, 3.8) is 0 Å². The van der Waals surface area contributed by atoms with Gasteiger partial charge in [0.15, 0.2) is 0 Å². The first kappa shape index (κ1) is 19.8. The summed E-state index contributed by atoms with van der Waals surface area (Å²) in [5.41, 5.74) is 2.02. The largest absolute Gasteiger partial charge is 0.494 e. The SMILES string of the molecule is CCOc1ccc(S(=O)(=O)Nc2ccc(CC(=O)N(C)C)cc2)cc1C. The number of carbonyl (C=O) groups is 1. The van der Waals surface area contributed by atoms with Crippen LogP contribution < -0.4 is 9.46 Å². The number of benzene rings is 2. The minimum atomic E-state index is -3.70. The highest BCUT2D eigenvalue weighted by molar-refractivity contribution is 7.92. The molecule has 0 radical (unpaired) electrons. The molecule has 7 heteroatoms. The van der Waals surface area contributed by atoms with E-state index in [9.17, 15) is 13.2 Å². The number of nitrogens with one attached hydrogen (secondary N) is 1. The number of ether oxygens (including phenoxy) is 1. The molecule has 0 aliphatic carbocycles. The van der Waals surface area contributed by atoms with Crippen LogP contribution in [0.3, 0.4) is 0 Å². The summed E-state index contributed by atoms with van der Waals surface area (Å²) in [6, 6.07) is 11.5. The Hall–Kier alpha value is -2.54. The molecule has 0 heterocycles. The summed E-state index contributed by atoms with van der Waals surface area (Å²) in [6.45, 7) is 4.20. The average Bonchev–Trinajstić information content (AvgIpc) is 2.58. The molecule has 0 saturated heterocycles. The van der Waals surface area contributed by atoms with Gasteiger partial charge in [-0.3, -0.25) is 9.52 Å². The lowest BCUT2D eigenvalue weighted by Gasteiger charge is -2.12. The fraction of sp³-hybridized carbons (Fsp3) is 0.316. The Morgan fingerprint density at radius 1 is 1.12 bits per heavy atom. The van der Waals surface area contributed by atoms with Gasteiger partial charge in [-0.05, 0) is 55.3 Å². The number of nitrogens with zero attached hydrogens (tertiary/aromatic N) is 1. The summed E-state index contributed by atoms with van der Waals surface area (Å²) in [7, 11) is -0.301. The molecule has 6 nitrogen and oxygen atoms in total. The first-order chi connectivity index (χ1) is 12.2. The summed E-state index contributed by atoms with van der Waals surface area (Å²) >= 11 is 0. The van der Waals surface area contributed by atoms with Crippen LogP contribution in [0.1, 0.15) is 18.1 Å². The molecule has 2 rings (SSSR count). The van der Waals surface area contributed by atoms with Gasteiger partial charge in [-0.15, -0.1) is 0 Å². The number of carbonyl (C=O) groups excluding carboxylic acids is 1. The van der Waals surface area contributed by atoms with E-state index in [4.69, 9.17) is 4.74 Å². The molecule has 0 fully saturated rings. The maximum atomic E-state index is 12.6. The van der Waals surface area contributed by atoms with Crippen molar-refractivity contribution in [1.82, 2.24) is 4.90 Å². The van der Waals surface area contributed by atoms with E-state index in [1.165, 1.54) is 11.0 Å². The predicted molar refractivity (Wildman–Crippen MR) is 102 cm³/mol. The lowest BCUT2D eigenvalue weighted by molar-refractivity contribution is -0.127. The van der Waals surface area contributed by atoms with Crippen LogP contribution in [0.4, 0.5) is 5.69 Å². The van der Waals surface area contributed by atoms with Crippen molar-refractivity contribution in [2.24, 2.45) is 0 Å². The normalized spacial score (nSPS) is 11.1. The summed E-state index contributed by atoms with van der Waals surface area (Å²) in [5, 5.41) is 0. The van der Waals surface area contributed by atoms with Crippen molar-refractivity contribution < 1.29 is 17.9 Å². The minimum absolute atomic E-state index is 0.0109. The number of amides is 1. The standard InChI is InChI=1S/C19H24N2O4S/c1-5-25-18-11-10-17(12-14(18)2)26(23,24)20-16-8-6-15(7-9-16)13-19(22)21(3)4/h6-12,20H,5,13H2,1-4H3. The lowest BCUT2D eigenvalue weighted by atomic mass is 10.1. The number of likely N-dealkylation sites (N-methyl/N-ethyl adjacent to an activating group) is 1. The van der Waals surface area contributed by atoms with Crippen LogP contribution in [0.5, 0.6) is 5.75 Å². The minimum Gasteiger partial charge on any atom is -0.494 e. The van der Waals surface area contributed by atoms with Crippen molar-refractivity contribution >= 4 is 21.6 Å². The van der Waals surface area contributed by atoms with Crippen molar-refractivity contribution in [2.45, 2.75) is 25.2 Å². The van der Waals surface area contributed by atoms with Crippen molar-refractivity contribution in [3.05, 3.63) is 53.6 Å². The molecule has 1 N–H and O–H groups in total. The van der Waals surface area contributed by atoms with Gasteiger partial charge in [0.05, 0.1) is 17.9 Å². The maximum Gasteiger partial charge on any atom is 0.261 e. The number of hydrogen-bond acceptors (Lipinski definition) is 4. The fourth-order valence-corrected chi connectivity index (χ4v) is 3.49. The van der Waals surface area contributed by atoms with Gasteiger partial charge >= 0.3 is 0 Å². The van der Waals surface area contributed by atoms with Crippen LogP contribution in [-0.4, -0.2) is 39.9 Å². The zero-order valence-corrected chi connectivity index (χ0v) is 16.3. The quantitative estimate of drug-likeness (QED) is 0.806. The Labute approximate surface area is 154 Å². The van der Waals surface area contributed by atoms with Gasteiger partial charge in [-0.1, -0.05) is 12.1 Å². The van der Waals surface area contributed by atoms with E-state index in [2.05, 4.69) is 4.72 Å². The zero-order chi connectivity index (χ0) is 19.3. The molecule has 0 atom stereocenters. The number of rotatable bonds is 7. The third-order valence-electron chi connectivity index (χ3n) is 3.82. The molecule has 0 unspecified atom stereocenters. The molecule has 2 aromatic rings. The first-order valence-corrected chi connectivity index (χ1v) is 9.76. The second-order valence-electron chi connectivity index (χ2n) is 6.13. The third-order valence-corrected chi connectivity index (χ3v) is 5.20. The monoisotopic (exact) mass is 376 g/mol. The van der Waals surface area contributed by atoms with E-state index in [0.717, 1.165) is 11.1 Å². The topological polar surface area (TPSA) is 75.7 Å². The zero-order valence-electron chi connectivity index (χ0n) is 15.4. The molecule has 0 bridgehead atoms. The molecule has 2 aromatic carbocycles. The Morgan fingerprint density at radius 2 is 1.77 bits per heavy atom. The average molecular weight is 376 g/mol. The van der Waals surface area contributed by atoms with Gasteiger partial charge in [-0.2, -0.15) is 0 Å². The molecule has 0 spiro atoms. The summed E-state index contributed by atoms with van der Waals surface area (Å²) in [6.07, 6.45) is 0.276. The van der Waals surface area contributed by atoms with Gasteiger partial charge in [0, 0.05) is 19.8 Å². The molecular weight excluding hydrogens is 352 g/mol. The second kappa shape index (κ2) is 8.23. The Balaban J connectivity index is 2.14. The molecule has 1 amide bonds. The van der Waals surface area contributed by atoms with Crippen molar-refractivity contribution in [3.8, 4) is 5.75 Å². The Kier molecular flexibility index (Phi) is 6.26. The Bertz CT molecular complexity index is 875. The fourth-order valence-electron chi connectivity index (χ4n) is 2.34. The van der Waals surface area contributed by atoms with Crippen LogP contribution >= 0.6 is 0 Å². The van der Waals surface area contributed by atoms with E-state index in [1.54, 1.807) is 57.4 Å². The molecule has 140 valence electrons. The predicted octanol–water partition coefficient (Wildman–Crippen LogP) is 2.83. The Morgan fingerprint density at radius 3 is 2.31 bits per heavy atom. The van der Waals surface area contributed by atoms with Gasteiger partial charge in [-0.25, -0.2) is 8.42 Å². The number of hydrogen-bond donors (Lipinski definition) is 1. The van der Waals surface area contributed by atoms with Gasteiger partial charge in [0.2, 0.25) is 5.91 Å². The highest BCUT2D eigenvalue weighted by Crippen LogP contribution is 2.23. The van der Waals surface area contributed by atoms with Crippen molar-refractivity contribution in [2.75, 3.05) is 25.4 Å². The maximum absolute atomic E-state index is 12.6. The molecule has 26 heavy (non-hydrogen) atoms. The molecule has 0 aromatic heterocycles. The van der Waals surface area contributed by atoms with E-state index in [-0.39, 0.29) is 17.2 Å². The highest BCUT2D eigenvalue weighted by Gasteiger charge is 2.16. The number of anilines is 1. The summed E-state index contributed by atoms with van der Waals surface area (Å²) in [4.78, 5) is 13.4. The summed E-state index contributed by atoms with van der Waals surface area (Å²) in [5.74, 6) is 0.657. The summed E-state index contributed by atoms with van der Waals surface area (Å²) < 4.78 is 33.1. The van der Waals surface area contributed by atoms with Gasteiger partial charge in [0.1, 0.15) is 5.75 Å². The number of aryl methyl sites for hydroxylation is 1. The van der Waals surface area contributed by atoms with Crippen molar-refractivity contribution in [1.29, 1.82) is 0 Å². The smallest absolute Gasteiger partial charge is 0.261 e. The van der Waals surface area contributed by atoms with E-state index in [0.29, 0.717) is 18.0 Å². The second-order valence-corrected chi connectivity index (χ2v) is 7.81. The van der Waals surface area contributed by atoms with Crippen LogP contribution in [0.2, 0.25) is 0 Å². The van der Waals surface area contributed by atoms with E-state index >= 15 is 0 Å².